The van der Waals surface area contributed by atoms with Gasteiger partial charge in [-0.3, -0.25) is 9.88 Å². The lowest BCUT2D eigenvalue weighted by atomic mass is 10.0. The zero-order valence-electron chi connectivity index (χ0n) is 11.2. The maximum Gasteiger partial charge on any atom is 0.237 e. The molecule has 1 aliphatic rings. The predicted octanol–water partition coefficient (Wildman–Crippen LogP) is -0.269. The predicted molar refractivity (Wildman–Crippen MR) is 69.4 cm³/mol. The minimum atomic E-state index is -0.193. The van der Waals surface area contributed by atoms with Crippen molar-refractivity contribution >= 4 is 0 Å². The van der Waals surface area contributed by atoms with Crippen molar-refractivity contribution in [2.75, 3.05) is 40.8 Å². The van der Waals surface area contributed by atoms with Crippen LogP contribution in [0.3, 0.4) is 0 Å². The smallest absolute Gasteiger partial charge is 0.237 e. The molecule has 6 nitrogen and oxygen atoms in total. The summed E-state index contributed by atoms with van der Waals surface area (Å²) in [6.07, 6.45) is 3.27. The SMILES string of the molecule is COc1nccnc1C(N)C1CN(C)CCN1C. The maximum absolute atomic E-state index is 6.35. The highest BCUT2D eigenvalue weighted by atomic mass is 16.5. The molecule has 0 aliphatic carbocycles. The van der Waals surface area contributed by atoms with Gasteiger partial charge in [-0.1, -0.05) is 0 Å². The number of ether oxygens (including phenoxy) is 1. The Morgan fingerprint density at radius 2 is 2.06 bits per heavy atom. The Labute approximate surface area is 108 Å². The summed E-state index contributed by atoms with van der Waals surface area (Å²) >= 11 is 0. The molecule has 0 spiro atoms. The quantitative estimate of drug-likeness (QED) is 0.797. The average molecular weight is 251 g/mol. The number of hydrogen-bond acceptors (Lipinski definition) is 6. The van der Waals surface area contributed by atoms with Gasteiger partial charge in [-0.15, -0.1) is 0 Å². The molecule has 0 saturated carbocycles. The van der Waals surface area contributed by atoms with E-state index in [9.17, 15) is 0 Å². The standard InChI is InChI=1S/C12H21N5O/c1-16-6-7-17(2)9(8-16)10(13)11-12(18-3)15-5-4-14-11/h4-5,9-10H,6-8,13H2,1-3H3. The van der Waals surface area contributed by atoms with Crippen LogP contribution in [0.2, 0.25) is 0 Å². The lowest BCUT2D eigenvalue weighted by molar-refractivity contribution is 0.0956. The number of piperazine rings is 1. The van der Waals surface area contributed by atoms with Crippen LogP contribution in [0, 0.1) is 0 Å². The van der Waals surface area contributed by atoms with E-state index in [0.717, 1.165) is 25.3 Å². The fourth-order valence-electron chi connectivity index (χ4n) is 2.34. The Balaban J connectivity index is 2.21. The molecular formula is C12H21N5O. The molecule has 1 aromatic rings. The zero-order chi connectivity index (χ0) is 13.1. The number of methoxy groups -OCH3 is 1. The molecule has 0 radical (unpaired) electrons. The molecule has 6 heteroatoms. The van der Waals surface area contributed by atoms with Gasteiger partial charge in [0, 0.05) is 38.1 Å². The van der Waals surface area contributed by atoms with Crippen molar-refractivity contribution in [1.82, 2.24) is 19.8 Å². The Morgan fingerprint density at radius 3 is 2.78 bits per heavy atom. The van der Waals surface area contributed by atoms with E-state index in [0.29, 0.717) is 5.88 Å². The second-order valence-corrected chi connectivity index (χ2v) is 4.79. The van der Waals surface area contributed by atoms with Crippen LogP contribution in [0.25, 0.3) is 0 Å². The van der Waals surface area contributed by atoms with Gasteiger partial charge >= 0.3 is 0 Å². The summed E-state index contributed by atoms with van der Waals surface area (Å²) in [5.74, 6) is 0.520. The third kappa shape index (κ3) is 2.60. The minimum absolute atomic E-state index is 0.193. The normalized spacial score (nSPS) is 23.9. The van der Waals surface area contributed by atoms with Crippen molar-refractivity contribution in [3.8, 4) is 5.88 Å². The first-order valence-electron chi connectivity index (χ1n) is 6.12. The third-order valence-corrected chi connectivity index (χ3v) is 3.51. The van der Waals surface area contributed by atoms with Crippen molar-refractivity contribution in [1.29, 1.82) is 0 Å². The van der Waals surface area contributed by atoms with Gasteiger partial charge in [0.15, 0.2) is 0 Å². The molecule has 1 aromatic heterocycles. The fourth-order valence-corrected chi connectivity index (χ4v) is 2.34. The van der Waals surface area contributed by atoms with E-state index in [2.05, 4.69) is 33.9 Å². The van der Waals surface area contributed by atoms with E-state index in [1.54, 1.807) is 19.5 Å². The number of nitrogens with zero attached hydrogens (tertiary/aromatic N) is 4. The zero-order valence-corrected chi connectivity index (χ0v) is 11.2. The van der Waals surface area contributed by atoms with Gasteiger partial charge < -0.3 is 15.4 Å². The fraction of sp³-hybridized carbons (Fsp3) is 0.667. The van der Waals surface area contributed by atoms with Crippen LogP contribution < -0.4 is 10.5 Å². The highest BCUT2D eigenvalue weighted by Crippen LogP contribution is 2.24. The highest BCUT2D eigenvalue weighted by molar-refractivity contribution is 5.22. The molecule has 1 saturated heterocycles. The summed E-state index contributed by atoms with van der Waals surface area (Å²) in [5.41, 5.74) is 7.08. The monoisotopic (exact) mass is 251 g/mol. The summed E-state index contributed by atoms with van der Waals surface area (Å²) in [5, 5.41) is 0. The molecule has 2 atom stereocenters. The van der Waals surface area contributed by atoms with Crippen molar-refractivity contribution in [3.63, 3.8) is 0 Å². The van der Waals surface area contributed by atoms with E-state index in [1.165, 1.54) is 0 Å². The Kier molecular flexibility index (Phi) is 4.11. The molecule has 18 heavy (non-hydrogen) atoms. The van der Waals surface area contributed by atoms with E-state index in [4.69, 9.17) is 10.5 Å². The first-order valence-corrected chi connectivity index (χ1v) is 6.12. The van der Waals surface area contributed by atoms with Crippen molar-refractivity contribution in [2.24, 2.45) is 5.73 Å². The summed E-state index contributed by atoms with van der Waals surface area (Å²) in [7, 11) is 5.80. The number of nitrogens with two attached hydrogens (primary N) is 1. The van der Waals surface area contributed by atoms with Crippen molar-refractivity contribution < 1.29 is 4.74 Å². The van der Waals surface area contributed by atoms with Crippen LogP contribution in [0.4, 0.5) is 0 Å². The molecule has 1 aliphatic heterocycles. The molecular weight excluding hydrogens is 230 g/mol. The Bertz CT molecular complexity index is 400. The largest absolute Gasteiger partial charge is 0.480 e. The van der Waals surface area contributed by atoms with Crippen LogP contribution in [0.5, 0.6) is 5.88 Å². The molecule has 2 unspecified atom stereocenters. The molecule has 2 rings (SSSR count). The topological polar surface area (TPSA) is 67.5 Å². The summed E-state index contributed by atoms with van der Waals surface area (Å²) in [4.78, 5) is 13.0. The van der Waals surface area contributed by atoms with E-state index in [1.807, 2.05) is 0 Å². The van der Waals surface area contributed by atoms with Crippen LogP contribution >= 0.6 is 0 Å². The summed E-state index contributed by atoms with van der Waals surface area (Å²) in [6, 6.07) is 0.0377. The lowest BCUT2D eigenvalue weighted by Gasteiger charge is -2.40. The maximum atomic E-state index is 6.35. The molecule has 100 valence electrons. The van der Waals surface area contributed by atoms with E-state index < -0.39 is 0 Å². The number of hydrogen-bond donors (Lipinski definition) is 1. The molecule has 2 heterocycles. The van der Waals surface area contributed by atoms with Crippen LogP contribution in [-0.2, 0) is 0 Å². The second-order valence-electron chi connectivity index (χ2n) is 4.79. The molecule has 0 amide bonds. The van der Waals surface area contributed by atoms with Gasteiger partial charge in [0.25, 0.3) is 0 Å². The summed E-state index contributed by atoms with van der Waals surface area (Å²) in [6.45, 7) is 3.01. The highest BCUT2D eigenvalue weighted by Gasteiger charge is 2.31. The number of rotatable bonds is 3. The van der Waals surface area contributed by atoms with Gasteiger partial charge in [-0.25, -0.2) is 4.98 Å². The van der Waals surface area contributed by atoms with Gasteiger partial charge in [0.2, 0.25) is 5.88 Å². The van der Waals surface area contributed by atoms with Crippen LogP contribution in [-0.4, -0.2) is 66.6 Å². The van der Waals surface area contributed by atoms with Crippen LogP contribution in [0.15, 0.2) is 12.4 Å². The Hall–Kier alpha value is -1.24. The van der Waals surface area contributed by atoms with Gasteiger partial charge in [0.05, 0.1) is 13.2 Å². The van der Waals surface area contributed by atoms with Crippen LogP contribution in [0.1, 0.15) is 11.7 Å². The molecule has 2 N–H and O–H groups in total. The molecule has 0 aromatic carbocycles. The average Bonchev–Trinajstić information content (AvgIpc) is 2.40. The van der Waals surface area contributed by atoms with Crippen molar-refractivity contribution in [2.45, 2.75) is 12.1 Å². The first kappa shape index (κ1) is 13.2. The summed E-state index contributed by atoms with van der Waals surface area (Å²) < 4.78 is 5.23. The molecule has 1 fully saturated rings. The first-order chi connectivity index (χ1) is 8.63. The van der Waals surface area contributed by atoms with Gasteiger partial charge in [0.1, 0.15) is 5.69 Å². The number of likely N-dealkylation sites (N-methyl/N-ethyl adjacent to an activating group) is 2. The van der Waals surface area contributed by atoms with Gasteiger partial charge in [-0.05, 0) is 14.1 Å². The minimum Gasteiger partial charge on any atom is -0.480 e. The lowest BCUT2D eigenvalue weighted by Crippen LogP contribution is -2.54. The Morgan fingerprint density at radius 1 is 1.33 bits per heavy atom. The van der Waals surface area contributed by atoms with E-state index >= 15 is 0 Å². The second kappa shape index (κ2) is 5.60. The van der Waals surface area contributed by atoms with E-state index in [-0.39, 0.29) is 12.1 Å². The van der Waals surface area contributed by atoms with Crippen molar-refractivity contribution in [3.05, 3.63) is 18.1 Å². The third-order valence-electron chi connectivity index (χ3n) is 3.51. The van der Waals surface area contributed by atoms with Gasteiger partial charge in [-0.2, -0.15) is 0 Å². The number of aromatic nitrogens is 2. The molecule has 0 bridgehead atoms.